The number of hydrogen-bond acceptors (Lipinski definition) is 2. The summed E-state index contributed by atoms with van der Waals surface area (Å²) in [6.07, 6.45) is 1.84. The number of rotatable bonds is 4. The average molecular weight is 471 g/mol. The van der Waals surface area contributed by atoms with E-state index in [1.807, 2.05) is 62.1 Å². The molecule has 172 valence electrons. The molecule has 4 aromatic rings. The molecule has 1 aliphatic heterocycles. The molecule has 0 saturated carbocycles. The Balaban J connectivity index is 1.75. The zero-order chi connectivity index (χ0) is 23.8. The maximum absolute atomic E-state index is 13.7. The van der Waals surface area contributed by atoms with Crippen LogP contribution in [0.4, 0.5) is 0 Å². The minimum Gasteiger partial charge on any atom is -0.466 e. The predicted molar refractivity (Wildman–Crippen MR) is 137 cm³/mol. The Morgan fingerprint density at radius 1 is 1.15 bits per heavy atom. The van der Waals surface area contributed by atoms with Gasteiger partial charge in [-0.15, -0.1) is 5.92 Å². The molecule has 4 nitrogen and oxygen atoms in total. The fourth-order valence-corrected chi connectivity index (χ4v) is 5.39. The number of furan rings is 1. The van der Waals surface area contributed by atoms with E-state index in [1.165, 1.54) is 0 Å². The maximum Gasteiger partial charge on any atom is 0.257 e. The van der Waals surface area contributed by atoms with Gasteiger partial charge in [-0.05, 0) is 63.4 Å². The molecule has 5 heteroatoms. The Hall–Kier alpha value is -3.42. The number of fused-ring (bicyclic) bond motifs is 1. The lowest BCUT2D eigenvalue weighted by Gasteiger charge is -2.27. The first-order chi connectivity index (χ1) is 16.5. The van der Waals surface area contributed by atoms with Crippen molar-refractivity contribution in [2.45, 2.75) is 46.2 Å². The van der Waals surface area contributed by atoms with Gasteiger partial charge in [0.2, 0.25) is 0 Å². The number of aromatic nitrogens is 1. The van der Waals surface area contributed by atoms with Crippen LogP contribution in [0.3, 0.4) is 0 Å². The fraction of sp³-hybridized carbons (Fsp3) is 0.276. The summed E-state index contributed by atoms with van der Waals surface area (Å²) >= 11 is 6.47. The minimum atomic E-state index is -0.0675. The highest BCUT2D eigenvalue weighted by atomic mass is 35.5. The first-order valence-electron chi connectivity index (χ1n) is 11.6. The second-order valence-electron chi connectivity index (χ2n) is 8.78. The average Bonchev–Trinajstić information content (AvgIpc) is 3.52. The van der Waals surface area contributed by atoms with Gasteiger partial charge in [-0.2, -0.15) is 0 Å². The number of carbonyl (C=O) groups is 1. The van der Waals surface area contributed by atoms with E-state index < -0.39 is 0 Å². The Bertz CT molecular complexity index is 1440. The van der Waals surface area contributed by atoms with Crippen molar-refractivity contribution < 1.29 is 9.21 Å². The second kappa shape index (κ2) is 9.08. The first-order valence-corrected chi connectivity index (χ1v) is 12.0. The molecular weight excluding hydrogens is 444 g/mol. The number of hydrogen-bond donors (Lipinski definition) is 0. The van der Waals surface area contributed by atoms with Crippen LogP contribution in [-0.4, -0.2) is 21.9 Å². The normalized spacial score (nSPS) is 15.5. The van der Waals surface area contributed by atoms with E-state index in [-0.39, 0.29) is 11.9 Å². The van der Waals surface area contributed by atoms with E-state index >= 15 is 0 Å². The standard InChI is InChI=1S/C29H27ClN2O2/c1-4-5-15-31-25-14-13-22(30)18-24(25)27(21-10-7-6-8-11-21)28(31)26-12-9-16-32(26)29(33)23-17-19(2)34-20(23)3/h6-8,10-11,13-14,17-18,26H,9,12,15-16H2,1-3H3. The van der Waals surface area contributed by atoms with Crippen LogP contribution < -0.4 is 0 Å². The molecule has 0 N–H and O–H groups in total. The van der Waals surface area contributed by atoms with Crippen LogP contribution in [0.25, 0.3) is 22.0 Å². The molecule has 34 heavy (non-hydrogen) atoms. The summed E-state index contributed by atoms with van der Waals surface area (Å²) in [5, 5.41) is 1.78. The Kier molecular flexibility index (Phi) is 5.98. The number of aryl methyl sites for hydroxylation is 2. The molecule has 1 unspecified atom stereocenters. The van der Waals surface area contributed by atoms with E-state index in [0.717, 1.165) is 46.3 Å². The van der Waals surface area contributed by atoms with Gasteiger partial charge in [0.25, 0.3) is 5.91 Å². The highest BCUT2D eigenvalue weighted by Gasteiger charge is 2.36. The highest BCUT2D eigenvalue weighted by molar-refractivity contribution is 6.31. The van der Waals surface area contributed by atoms with Crippen molar-refractivity contribution in [3.63, 3.8) is 0 Å². The third-order valence-electron chi connectivity index (χ3n) is 6.64. The van der Waals surface area contributed by atoms with Gasteiger partial charge in [-0.1, -0.05) is 47.9 Å². The van der Waals surface area contributed by atoms with Crippen molar-refractivity contribution in [2.24, 2.45) is 0 Å². The van der Waals surface area contributed by atoms with Crippen molar-refractivity contribution in [3.8, 4) is 23.0 Å². The topological polar surface area (TPSA) is 38.4 Å². The Labute approximate surface area is 205 Å². The molecule has 3 heterocycles. The predicted octanol–water partition coefficient (Wildman–Crippen LogP) is 7.17. The molecule has 1 aliphatic rings. The van der Waals surface area contributed by atoms with Crippen molar-refractivity contribution in [3.05, 3.63) is 82.4 Å². The second-order valence-corrected chi connectivity index (χ2v) is 9.22. The van der Waals surface area contributed by atoms with Gasteiger partial charge >= 0.3 is 0 Å². The summed E-state index contributed by atoms with van der Waals surface area (Å²) in [5.41, 5.74) is 5.08. The molecule has 2 aromatic carbocycles. The van der Waals surface area contributed by atoms with Crippen LogP contribution in [0.15, 0.2) is 59.0 Å². The van der Waals surface area contributed by atoms with E-state index in [0.29, 0.717) is 29.4 Å². The molecule has 1 fully saturated rings. The van der Waals surface area contributed by atoms with Gasteiger partial charge in [0.15, 0.2) is 0 Å². The van der Waals surface area contributed by atoms with Crippen LogP contribution in [0.2, 0.25) is 5.02 Å². The minimum absolute atomic E-state index is 0.0206. The van der Waals surface area contributed by atoms with E-state index in [9.17, 15) is 4.79 Å². The molecule has 5 rings (SSSR count). The largest absolute Gasteiger partial charge is 0.466 e. The summed E-state index contributed by atoms with van der Waals surface area (Å²) in [6, 6.07) is 18.2. The molecule has 0 bridgehead atoms. The van der Waals surface area contributed by atoms with Gasteiger partial charge in [-0.25, -0.2) is 0 Å². The SMILES string of the molecule is CC#CCn1c(C2CCCN2C(=O)c2cc(C)oc2C)c(-c2ccccc2)c2cc(Cl)ccc21. The zero-order valence-electron chi connectivity index (χ0n) is 19.7. The smallest absolute Gasteiger partial charge is 0.257 e. The van der Waals surface area contributed by atoms with Crippen molar-refractivity contribution >= 4 is 28.4 Å². The highest BCUT2D eigenvalue weighted by Crippen LogP contribution is 2.44. The quantitative estimate of drug-likeness (QED) is 0.296. The molecule has 0 radical (unpaired) electrons. The van der Waals surface area contributed by atoms with Crippen molar-refractivity contribution in [1.29, 1.82) is 0 Å². The van der Waals surface area contributed by atoms with Gasteiger partial charge in [0.05, 0.1) is 23.8 Å². The maximum atomic E-state index is 13.7. The van der Waals surface area contributed by atoms with E-state index in [2.05, 4.69) is 34.6 Å². The molecular formula is C29H27ClN2O2. The van der Waals surface area contributed by atoms with Gasteiger partial charge in [-0.3, -0.25) is 4.79 Å². The zero-order valence-corrected chi connectivity index (χ0v) is 20.4. The monoisotopic (exact) mass is 470 g/mol. The number of halogens is 1. The lowest BCUT2D eigenvalue weighted by atomic mass is 9.97. The summed E-state index contributed by atoms with van der Waals surface area (Å²) in [5.74, 6) is 7.73. The van der Waals surface area contributed by atoms with Crippen LogP contribution in [0.1, 0.15) is 53.4 Å². The Morgan fingerprint density at radius 2 is 1.94 bits per heavy atom. The van der Waals surface area contributed by atoms with Gasteiger partial charge in [0, 0.05) is 28.0 Å². The van der Waals surface area contributed by atoms with Crippen LogP contribution in [-0.2, 0) is 6.54 Å². The summed E-state index contributed by atoms with van der Waals surface area (Å²) < 4.78 is 7.95. The number of likely N-dealkylation sites (tertiary alicyclic amines) is 1. The van der Waals surface area contributed by atoms with Crippen molar-refractivity contribution in [1.82, 2.24) is 9.47 Å². The van der Waals surface area contributed by atoms with Crippen LogP contribution in [0.5, 0.6) is 0 Å². The lowest BCUT2D eigenvalue weighted by molar-refractivity contribution is 0.0730. The third-order valence-corrected chi connectivity index (χ3v) is 6.88. The van der Waals surface area contributed by atoms with Crippen LogP contribution >= 0.6 is 11.6 Å². The van der Waals surface area contributed by atoms with Gasteiger partial charge in [0.1, 0.15) is 11.5 Å². The third kappa shape index (κ3) is 3.81. The number of carbonyl (C=O) groups excluding carboxylic acids is 1. The first kappa shape index (κ1) is 22.4. The summed E-state index contributed by atoms with van der Waals surface area (Å²) in [7, 11) is 0. The molecule has 0 aliphatic carbocycles. The molecule has 2 aromatic heterocycles. The van der Waals surface area contributed by atoms with E-state index in [4.69, 9.17) is 16.0 Å². The summed E-state index contributed by atoms with van der Waals surface area (Å²) in [4.78, 5) is 15.7. The van der Waals surface area contributed by atoms with Crippen LogP contribution in [0, 0.1) is 25.7 Å². The Morgan fingerprint density at radius 3 is 2.65 bits per heavy atom. The molecule has 0 spiro atoms. The van der Waals surface area contributed by atoms with E-state index in [1.54, 1.807) is 0 Å². The number of amides is 1. The lowest BCUT2D eigenvalue weighted by Crippen LogP contribution is -2.32. The number of nitrogens with zero attached hydrogens (tertiary/aromatic N) is 2. The molecule has 1 atom stereocenters. The summed E-state index contributed by atoms with van der Waals surface area (Å²) in [6.45, 7) is 6.86. The molecule has 1 saturated heterocycles. The van der Waals surface area contributed by atoms with Gasteiger partial charge < -0.3 is 13.9 Å². The molecule has 1 amide bonds. The number of benzene rings is 2. The van der Waals surface area contributed by atoms with Crippen molar-refractivity contribution in [2.75, 3.05) is 6.54 Å². The fourth-order valence-electron chi connectivity index (χ4n) is 5.22.